The van der Waals surface area contributed by atoms with Crippen molar-refractivity contribution in [1.29, 1.82) is 0 Å². The van der Waals surface area contributed by atoms with Crippen molar-refractivity contribution in [3.63, 3.8) is 0 Å². The van der Waals surface area contributed by atoms with Crippen molar-refractivity contribution in [3.05, 3.63) is 52.1 Å². The molecule has 1 N–H and O–H groups in total. The molecule has 1 aromatic carbocycles. The number of ether oxygens (including phenoxy) is 2. The Labute approximate surface area is 166 Å². The lowest BCUT2D eigenvalue weighted by atomic mass is 9.97. The summed E-state index contributed by atoms with van der Waals surface area (Å²) in [5, 5.41) is 8.58. The molecule has 0 saturated heterocycles. The van der Waals surface area contributed by atoms with E-state index in [9.17, 15) is 4.79 Å². The van der Waals surface area contributed by atoms with Crippen LogP contribution in [-0.4, -0.2) is 28.1 Å². The molecule has 9 heteroatoms. The number of amides is 1. The molecule has 0 fully saturated rings. The Balaban J connectivity index is 1.62. The van der Waals surface area contributed by atoms with Gasteiger partial charge in [0.15, 0.2) is 17.3 Å². The van der Waals surface area contributed by atoms with Crippen molar-refractivity contribution in [2.75, 3.05) is 7.11 Å². The molecule has 0 unspecified atom stereocenters. The van der Waals surface area contributed by atoms with Gasteiger partial charge in [-0.2, -0.15) is 4.98 Å². The maximum Gasteiger partial charge on any atom is 0.251 e. The molecule has 28 heavy (non-hydrogen) atoms. The predicted molar refractivity (Wildman–Crippen MR) is 104 cm³/mol. The second-order valence-electron chi connectivity index (χ2n) is 7.08. The summed E-state index contributed by atoms with van der Waals surface area (Å²) in [6.07, 6.45) is 0. The van der Waals surface area contributed by atoms with Gasteiger partial charge in [0.2, 0.25) is 5.89 Å². The lowest BCUT2D eigenvalue weighted by molar-refractivity contribution is 0.0949. The van der Waals surface area contributed by atoms with E-state index in [0.29, 0.717) is 35.4 Å². The predicted octanol–water partition coefficient (Wildman–Crippen LogP) is 3.34. The molecule has 0 bridgehead atoms. The second-order valence-corrected chi connectivity index (χ2v) is 7.80. The van der Waals surface area contributed by atoms with Crippen LogP contribution < -0.4 is 14.8 Å². The van der Waals surface area contributed by atoms with Gasteiger partial charge in [-0.25, -0.2) is 4.98 Å². The molecule has 3 aromatic rings. The van der Waals surface area contributed by atoms with E-state index < -0.39 is 0 Å². The molecule has 148 valence electrons. The third-order valence-electron chi connectivity index (χ3n) is 3.80. The summed E-state index contributed by atoms with van der Waals surface area (Å²) in [5.74, 6) is 1.69. The van der Waals surface area contributed by atoms with Crippen molar-refractivity contribution in [2.45, 2.75) is 39.3 Å². The Morgan fingerprint density at radius 3 is 2.75 bits per heavy atom. The lowest BCUT2D eigenvalue weighted by Crippen LogP contribution is -2.23. The van der Waals surface area contributed by atoms with Crippen molar-refractivity contribution >= 4 is 17.2 Å². The van der Waals surface area contributed by atoms with Gasteiger partial charge in [0, 0.05) is 16.4 Å². The zero-order chi connectivity index (χ0) is 20.1. The van der Waals surface area contributed by atoms with Gasteiger partial charge >= 0.3 is 0 Å². The van der Waals surface area contributed by atoms with E-state index in [1.807, 2.05) is 26.2 Å². The molecule has 0 radical (unpaired) electrons. The standard InChI is InChI=1S/C19H22N4O4S/c1-19(2,3)18-22-16(23-27-18)8-20-17(24)12-5-6-14(15(7-12)25-4)26-9-13-10-28-11-21-13/h5-7,10-11H,8-9H2,1-4H3,(H,20,24). The van der Waals surface area contributed by atoms with Crippen LogP contribution in [0.5, 0.6) is 11.5 Å². The van der Waals surface area contributed by atoms with Crippen LogP contribution >= 0.6 is 11.3 Å². The molecule has 2 aromatic heterocycles. The van der Waals surface area contributed by atoms with Gasteiger partial charge < -0.3 is 19.3 Å². The van der Waals surface area contributed by atoms with Gasteiger partial charge in [-0.3, -0.25) is 4.79 Å². The Kier molecular flexibility index (Phi) is 5.93. The van der Waals surface area contributed by atoms with Crippen LogP contribution in [0.3, 0.4) is 0 Å². The number of carbonyl (C=O) groups is 1. The summed E-state index contributed by atoms with van der Waals surface area (Å²) in [6, 6.07) is 5.00. The smallest absolute Gasteiger partial charge is 0.251 e. The highest BCUT2D eigenvalue weighted by atomic mass is 32.1. The molecule has 1 amide bonds. The zero-order valence-corrected chi connectivity index (χ0v) is 17.0. The second kappa shape index (κ2) is 8.39. The highest BCUT2D eigenvalue weighted by molar-refractivity contribution is 7.07. The quantitative estimate of drug-likeness (QED) is 0.647. The van der Waals surface area contributed by atoms with Gasteiger partial charge in [0.05, 0.1) is 24.9 Å². The first-order valence-electron chi connectivity index (χ1n) is 8.66. The summed E-state index contributed by atoms with van der Waals surface area (Å²) < 4.78 is 16.3. The van der Waals surface area contributed by atoms with Crippen LogP contribution in [0.2, 0.25) is 0 Å². The maximum atomic E-state index is 12.4. The number of aromatic nitrogens is 3. The molecule has 0 saturated carbocycles. The van der Waals surface area contributed by atoms with Crippen LogP contribution in [0.4, 0.5) is 0 Å². The fourth-order valence-corrected chi connectivity index (χ4v) is 2.82. The lowest BCUT2D eigenvalue weighted by Gasteiger charge is -2.11. The average molecular weight is 402 g/mol. The number of benzene rings is 1. The van der Waals surface area contributed by atoms with Crippen molar-refractivity contribution < 1.29 is 18.8 Å². The molecule has 0 aliphatic carbocycles. The number of carbonyl (C=O) groups excluding carboxylic acids is 1. The number of nitrogens with zero attached hydrogens (tertiary/aromatic N) is 3. The number of hydrogen-bond acceptors (Lipinski definition) is 8. The van der Waals surface area contributed by atoms with Gasteiger partial charge in [-0.05, 0) is 18.2 Å². The monoisotopic (exact) mass is 402 g/mol. The minimum atomic E-state index is -0.272. The van der Waals surface area contributed by atoms with E-state index in [1.54, 1.807) is 23.7 Å². The normalized spacial score (nSPS) is 11.3. The summed E-state index contributed by atoms with van der Waals surface area (Å²) in [4.78, 5) is 20.9. The average Bonchev–Trinajstić information content (AvgIpc) is 3.35. The van der Waals surface area contributed by atoms with Gasteiger partial charge in [0.25, 0.3) is 5.91 Å². The maximum absolute atomic E-state index is 12.4. The minimum absolute atomic E-state index is 0.169. The molecule has 0 spiro atoms. The topological polar surface area (TPSA) is 99.4 Å². The Bertz CT molecular complexity index is 932. The van der Waals surface area contributed by atoms with Crippen LogP contribution in [0, 0.1) is 0 Å². The van der Waals surface area contributed by atoms with E-state index in [4.69, 9.17) is 14.0 Å². The number of rotatable bonds is 7. The SMILES string of the molecule is COc1cc(C(=O)NCc2noc(C(C)(C)C)n2)ccc1OCc1cscn1. The molecular formula is C19H22N4O4S. The molecule has 0 aliphatic rings. The van der Waals surface area contributed by atoms with Crippen LogP contribution in [0.1, 0.15) is 48.5 Å². The molecule has 0 aliphatic heterocycles. The van der Waals surface area contributed by atoms with E-state index in [0.717, 1.165) is 5.69 Å². The molecule has 0 atom stereocenters. The highest BCUT2D eigenvalue weighted by Gasteiger charge is 2.22. The van der Waals surface area contributed by atoms with Crippen LogP contribution in [0.15, 0.2) is 33.6 Å². The molecule has 3 rings (SSSR count). The fourth-order valence-electron chi connectivity index (χ4n) is 2.28. The van der Waals surface area contributed by atoms with Crippen LogP contribution in [0.25, 0.3) is 0 Å². The molecule has 2 heterocycles. The highest BCUT2D eigenvalue weighted by Crippen LogP contribution is 2.29. The first-order valence-corrected chi connectivity index (χ1v) is 9.60. The Hall–Kier alpha value is -2.94. The van der Waals surface area contributed by atoms with E-state index >= 15 is 0 Å². The molecule has 8 nitrogen and oxygen atoms in total. The van der Waals surface area contributed by atoms with Gasteiger partial charge in [-0.15, -0.1) is 11.3 Å². The third-order valence-corrected chi connectivity index (χ3v) is 4.44. The molecular weight excluding hydrogens is 380 g/mol. The number of methoxy groups -OCH3 is 1. The summed E-state index contributed by atoms with van der Waals surface area (Å²) in [5.41, 5.74) is 2.79. The van der Waals surface area contributed by atoms with E-state index in [2.05, 4.69) is 20.4 Å². The number of nitrogens with one attached hydrogen (secondary N) is 1. The first kappa shape index (κ1) is 19.8. The van der Waals surface area contributed by atoms with Gasteiger partial charge in [0.1, 0.15) is 6.61 Å². The Morgan fingerprint density at radius 1 is 1.29 bits per heavy atom. The Morgan fingerprint density at radius 2 is 2.11 bits per heavy atom. The minimum Gasteiger partial charge on any atom is -0.493 e. The third kappa shape index (κ3) is 4.86. The largest absolute Gasteiger partial charge is 0.493 e. The van der Waals surface area contributed by atoms with Crippen molar-refractivity contribution in [2.24, 2.45) is 0 Å². The van der Waals surface area contributed by atoms with Crippen molar-refractivity contribution in [1.82, 2.24) is 20.4 Å². The zero-order valence-electron chi connectivity index (χ0n) is 16.2. The van der Waals surface area contributed by atoms with Crippen LogP contribution in [-0.2, 0) is 18.6 Å². The summed E-state index contributed by atoms with van der Waals surface area (Å²) in [6.45, 7) is 6.44. The first-order chi connectivity index (χ1) is 13.4. The van der Waals surface area contributed by atoms with E-state index in [-0.39, 0.29) is 17.9 Å². The summed E-state index contributed by atoms with van der Waals surface area (Å²) in [7, 11) is 1.53. The number of thiazole rings is 1. The number of hydrogen-bond donors (Lipinski definition) is 1. The van der Waals surface area contributed by atoms with E-state index in [1.165, 1.54) is 18.4 Å². The fraction of sp³-hybridized carbons (Fsp3) is 0.368. The van der Waals surface area contributed by atoms with Gasteiger partial charge in [-0.1, -0.05) is 25.9 Å². The van der Waals surface area contributed by atoms with Crippen molar-refractivity contribution in [3.8, 4) is 11.5 Å². The summed E-state index contributed by atoms with van der Waals surface area (Å²) >= 11 is 1.51.